The molecule has 1 aliphatic rings. The zero-order chi connectivity index (χ0) is 11.9. The molecule has 1 N–H and O–H groups in total. The van der Waals surface area contributed by atoms with Crippen LogP contribution in [0, 0.1) is 11.8 Å². The molecule has 0 heterocycles. The zero-order valence-electron chi connectivity index (χ0n) is 9.97. The molecule has 0 amide bonds. The number of rotatable bonds is 3. The van der Waals surface area contributed by atoms with Gasteiger partial charge in [0.05, 0.1) is 5.92 Å². The Morgan fingerprint density at radius 1 is 1.25 bits per heavy atom. The minimum Gasteiger partial charge on any atom is -0.481 e. The summed E-state index contributed by atoms with van der Waals surface area (Å²) in [4.78, 5) is 10.9. The third-order valence-electron chi connectivity index (χ3n) is 3.65. The van der Waals surface area contributed by atoms with E-state index in [1.165, 1.54) is 11.1 Å². The second-order valence-corrected chi connectivity index (χ2v) is 5.07. The van der Waals surface area contributed by atoms with Gasteiger partial charge >= 0.3 is 5.97 Å². The highest BCUT2D eigenvalue weighted by Crippen LogP contribution is 2.53. The predicted octanol–water partition coefficient (Wildman–Crippen LogP) is 3.24. The Morgan fingerprint density at radius 2 is 1.81 bits per heavy atom. The van der Waals surface area contributed by atoms with E-state index in [0.717, 1.165) is 0 Å². The Bertz CT molecular complexity index is 392. The normalized spacial score (nSPS) is 28.1. The van der Waals surface area contributed by atoms with E-state index in [-0.39, 0.29) is 17.8 Å². The molecule has 1 aromatic carbocycles. The third kappa shape index (κ3) is 1.84. The number of hydrogen-bond donors (Lipinski definition) is 1. The fourth-order valence-corrected chi connectivity index (χ4v) is 2.46. The van der Waals surface area contributed by atoms with Crippen molar-refractivity contribution in [2.45, 2.75) is 32.6 Å². The van der Waals surface area contributed by atoms with Gasteiger partial charge in [0.2, 0.25) is 0 Å². The van der Waals surface area contributed by atoms with Crippen molar-refractivity contribution in [1.82, 2.24) is 0 Å². The quantitative estimate of drug-likeness (QED) is 0.845. The van der Waals surface area contributed by atoms with Gasteiger partial charge < -0.3 is 5.11 Å². The molecule has 1 fully saturated rings. The number of carbonyl (C=O) groups is 1. The van der Waals surface area contributed by atoms with Crippen LogP contribution in [-0.4, -0.2) is 11.1 Å². The van der Waals surface area contributed by atoms with Crippen LogP contribution in [0.5, 0.6) is 0 Å². The van der Waals surface area contributed by atoms with Crippen LogP contribution in [0.25, 0.3) is 0 Å². The molecule has 0 aliphatic heterocycles. The van der Waals surface area contributed by atoms with Crippen molar-refractivity contribution < 1.29 is 9.90 Å². The minimum atomic E-state index is -0.662. The lowest BCUT2D eigenvalue weighted by Gasteiger charge is -2.06. The molecule has 0 saturated heterocycles. The summed E-state index contributed by atoms with van der Waals surface area (Å²) in [7, 11) is 0. The fourth-order valence-electron chi connectivity index (χ4n) is 2.46. The minimum absolute atomic E-state index is 0.176. The maximum Gasteiger partial charge on any atom is 0.307 e. The van der Waals surface area contributed by atoms with Gasteiger partial charge in [-0.25, -0.2) is 0 Å². The SMILES string of the molecule is CC(C)c1ccc(C2C(C)C2C(=O)O)cc1. The molecule has 16 heavy (non-hydrogen) atoms. The second kappa shape index (κ2) is 3.93. The lowest BCUT2D eigenvalue weighted by Crippen LogP contribution is -1.99. The van der Waals surface area contributed by atoms with Crippen LogP contribution in [0.1, 0.15) is 43.7 Å². The fraction of sp³-hybridized carbons (Fsp3) is 0.500. The molecular formula is C14H18O2. The summed E-state index contributed by atoms with van der Waals surface area (Å²) in [6, 6.07) is 8.40. The van der Waals surface area contributed by atoms with Gasteiger partial charge in [0, 0.05) is 5.92 Å². The molecule has 3 atom stereocenters. The van der Waals surface area contributed by atoms with E-state index in [4.69, 9.17) is 5.11 Å². The van der Waals surface area contributed by atoms with Crippen molar-refractivity contribution in [2.24, 2.45) is 11.8 Å². The molecule has 2 heteroatoms. The number of carboxylic acids is 1. The molecule has 0 radical (unpaired) electrons. The van der Waals surface area contributed by atoms with Crippen molar-refractivity contribution in [3.05, 3.63) is 35.4 Å². The Hall–Kier alpha value is -1.31. The number of benzene rings is 1. The van der Waals surface area contributed by atoms with Crippen LogP contribution in [0.3, 0.4) is 0 Å². The van der Waals surface area contributed by atoms with Crippen LogP contribution in [0.2, 0.25) is 0 Å². The maximum atomic E-state index is 10.9. The standard InChI is InChI=1S/C14H18O2/c1-8(2)10-4-6-11(7-5-10)12-9(3)13(12)14(15)16/h4-9,12-13H,1-3H3,(H,15,16). The van der Waals surface area contributed by atoms with Crippen molar-refractivity contribution in [3.8, 4) is 0 Å². The van der Waals surface area contributed by atoms with Gasteiger partial charge in [0.25, 0.3) is 0 Å². The van der Waals surface area contributed by atoms with Gasteiger partial charge in [-0.15, -0.1) is 0 Å². The number of aliphatic carboxylic acids is 1. The predicted molar refractivity (Wildman–Crippen MR) is 63.6 cm³/mol. The number of hydrogen-bond acceptors (Lipinski definition) is 1. The van der Waals surface area contributed by atoms with E-state index >= 15 is 0 Å². The first-order valence-electron chi connectivity index (χ1n) is 5.85. The molecule has 1 aliphatic carbocycles. The summed E-state index contributed by atoms with van der Waals surface area (Å²) < 4.78 is 0. The summed E-state index contributed by atoms with van der Waals surface area (Å²) in [6.45, 7) is 6.34. The molecule has 2 nitrogen and oxygen atoms in total. The van der Waals surface area contributed by atoms with Crippen LogP contribution in [0.4, 0.5) is 0 Å². The molecule has 3 unspecified atom stereocenters. The topological polar surface area (TPSA) is 37.3 Å². The van der Waals surface area contributed by atoms with Gasteiger partial charge in [-0.3, -0.25) is 4.79 Å². The lowest BCUT2D eigenvalue weighted by atomic mass is 9.99. The van der Waals surface area contributed by atoms with Crippen LogP contribution >= 0.6 is 0 Å². The van der Waals surface area contributed by atoms with Gasteiger partial charge in [-0.1, -0.05) is 45.0 Å². The first-order valence-corrected chi connectivity index (χ1v) is 5.85. The molecule has 0 aromatic heterocycles. The zero-order valence-corrected chi connectivity index (χ0v) is 9.97. The Balaban J connectivity index is 2.15. The van der Waals surface area contributed by atoms with E-state index in [1.807, 2.05) is 6.92 Å². The molecule has 1 aromatic rings. The van der Waals surface area contributed by atoms with E-state index in [1.54, 1.807) is 0 Å². The van der Waals surface area contributed by atoms with Crippen molar-refractivity contribution >= 4 is 5.97 Å². The summed E-state index contributed by atoms with van der Waals surface area (Å²) in [6.07, 6.45) is 0. The molecular weight excluding hydrogens is 200 g/mol. The van der Waals surface area contributed by atoms with Gasteiger partial charge in [0.1, 0.15) is 0 Å². The highest BCUT2D eigenvalue weighted by atomic mass is 16.4. The van der Waals surface area contributed by atoms with E-state index in [0.29, 0.717) is 5.92 Å². The Morgan fingerprint density at radius 3 is 2.19 bits per heavy atom. The van der Waals surface area contributed by atoms with E-state index in [2.05, 4.69) is 38.1 Å². The van der Waals surface area contributed by atoms with Crippen molar-refractivity contribution in [1.29, 1.82) is 0 Å². The van der Waals surface area contributed by atoms with E-state index in [9.17, 15) is 4.79 Å². The third-order valence-corrected chi connectivity index (χ3v) is 3.65. The molecule has 86 valence electrons. The second-order valence-electron chi connectivity index (χ2n) is 5.07. The summed E-state index contributed by atoms with van der Waals surface area (Å²) in [5, 5.41) is 9.00. The molecule has 2 rings (SSSR count). The van der Waals surface area contributed by atoms with E-state index < -0.39 is 5.97 Å². The summed E-state index contributed by atoms with van der Waals surface area (Å²) in [5.41, 5.74) is 2.48. The van der Waals surface area contributed by atoms with Crippen molar-refractivity contribution in [2.75, 3.05) is 0 Å². The average molecular weight is 218 g/mol. The van der Waals surface area contributed by atoms with Crippen LogP contribution in [0.15, 0.2) is 24.3 Å². The maximum absolute atomic E-state index is 10.9. The monoisotopic (exact) mass is 218 g/mol. The largest absolute Gasteiger partial charge is 0.481 e. The Labute approximate surface area is 96.3 Å². The van der Waals surface area contributed by atoms with Crippen LogP contribution < -0.4 is 0 Å². The molecule has 0 bridgehead atoms. The lowest BCUT2D eigenvalue weighted by molar-refractivity contribution is -0.138. The van der Waals surface area contributed by atoms with Crippen LogP contribution in [-0.2, 0) is 4.79 Å². The molecule has 1 saturated carbocycles. The van der Waals surface area contributed by atoms with Gasteiger partial charge in [-0.05, 0) is 23.0 Å². The first kappa shape index (κ1) is 11.2. The molecule has 0 spiro atoms. The summed E-state index contributed by atoms with van der Waals surface area (Å²) in [5.74, 6) is 0.192. The van der Waals surface area contributed by atoms with Gasteiger partial charge in [-0.2, -0.15) is 0 Å². The van der Waals surface area contributed by atoms with Crippen molar-refractivity contribution in [3.63, 3.8) is 0 Å². The highest BCUT2D eigenvalue weighted by Gasteiger charge is 2.52. The average Bonchev–Trinajstić information content (AvgIpc) is 2.90. The highest BCUT2D eigenvalue weighted by molar-refractivity contribution is 5.76. The summed E-state index contributed by atoms with van der Waals surface area (Å²) >= 11 is 0. The first-order chi connectivity index (χ1) is 7.52. The number of carboxylic acid groups (broad SMARTS) is 1. The van der Waals surface area contributed by atoms with Gasteiger partial charge in [0.15, 0.2) is 0 Å². The smallest absolute Gasteiger partial charge is 0.307 e. The Kier molecular flexibility index (Phi) is 2.75.